The third-order valence-corrected chi connectivity index (χ3v) is 4.31. The van der Waals surface area contributed by atoms with Gasteiger partial charge in [0.05, 0.1) is 0 Å². The van der Waals surface area contributed by atoms with Gasteiger partial charge in [-0.2, -0.15) is 0 Å². The molecule has 1 aliphatic heterocycles. The zero-order chi connectivity index (χ0) is 13.9. The molecule has 3 heteroatoms. The topological polar surface area (TPSA) is 18.5 Å². The van der Waals surface area contributed by atoms with Crippen LogP contribution < -0.4 is 10.2 Å². The number of hydrogen-bond donors (Lipinski definition) is 1. The van der Waals surface area contributed by atoms with Crippen molar-refractivity contribution in [1.29, 1.82) is 0 Å². The number of nitrogens with zero attached hydrogens (tertiary/aromatic N) is 2. The summed E-state index contributed by atoms with van der Waals surface area (Å²) in [6, 6.07) is 15.7. The van der Waals surface area contributed by atoms with Gasteiger partial charge in [-0.1, -0.05) is 36.4 Å². The lowest BCUT2D eigenvalue weighted by molar-refractivity contribution is 0.204. The Kier molecular flexibility index (Phi) is 3.90. The highest BCUT2D eigenvalue weighted by molar-refractivity contribution is 5.94. The molecule has 3 nitrogen and oxygen atoms in total. The Labute approximate surface area is 121 Å². The van der Waals surface area contributed by atoms with Crippen LogP contribution in [0.1, 0.15) is 0 Å². The van der Waals surface area contributed by atoms with Crippen LogP contribution in [0.5, 0.6) is 0 Å². The number of fused-ring (bicyclic) bond motifs is 1. The maximum atomic E-state index is 3.49. The summed E-state index contributed by atoms with van der Waals surface area (Å²) in [6.07, 6.45) is 0. The molecule has 0 radical (unpaired) electrons. The Morgan fingerprint density at radius 2 is 2.00 bits per heavy atom. The number of anilines is 1. The molecule has 2 aromatic rings. The minimum Gasteiger partial charge on any atom is -0.372 e. The van der Waals surface area contributed by atoms with Crippen molar-refractivity contribution in [2.45, 2.75) is 6.04 Å². The molecule has 2 aromatic carbocycles. The molecule has 1 saturated heterocycles. The third-order valence-electron chi connectivity index (χ3n) is 4.31. The lowest BCUT2D eigenvalue weighted by Gasteiger charge is -2.36. The SMILES string of the molecule is CN(CC1CNCCN1C)c1cccc2ccccc12. The van der Waals surface area contributed by atoms with Crippen LogP contribution in [0, 0.1) is 0 Å². The Morgan fingerprint density at radius 1 is 1.20 bits per heavy atom. The summed E-state index contributed by atoms with van der Waals surface area (Å²) in [5, 5.41) is 6.14. The number of piperazine rings is 1. The van der Waals surface area contributed by atoms with Gasteiger partial charge in [-0.3, -0.25) is 4.90 Å². The Hall–Kier alpha value is -1.58. The van der Waals surface area contributed by atoms with Crippen LogP contribution in [-0.4, -0.2) is 51.2 Å². The van der Waals surface area contributed by atoms with Gasteiger partial charge in [0.1, 0.15) is 0 Å². The molecule has 1 N–H and O–H groups in total. The monoisotopic (exact) mass is 269 g/mol. The standard InChI is InChI=1S/C17H23N3/c1-19-11-10-18-12-15(19)13-20(2)17-9-5-7-14-6-3-4-8-16(14)17/h3-9,15,18H,10-13H2,1-2H3. The fourth-order valence-corrected chi connectivity index (χ4v) is 3.02. The first-order valence-corrected chi connectivity index (χ1v) is 7.35. The number of benzene rings is 2. The average Bonchev–Trinajstić information content (AvgIpc) is 2.49. The van der Waals surface area contributed by atoms with E-state index in [1.807, 2.05) is 0 Å². The first kappa shape index (κ1) is 13.4. The van der Waals surface area contributed by atoms with Crippen molar-refractivity contribution in [3.63, 3.8) is 0 Å². The minimum absolute atomic E-state index is 0.577. The zero-order valence-corrected chi connectivity index (χ0v) is 12.3. The van der Waals surface area contributed by atoms with Crippen LogP contribution in [0.15, 0.2) is 42.5 Å². The van der Waals surface area contributed by atoms with E-state index in [1.165, 1.54) is 16.5 Å². The number of likely N-dealkylation sites (N-methyl/N-ethyl adjacent to an activating group) is 2. The molecule has 0 amide bonds. The first-order chi connectivity index (χ1) is 9.75. The number of hydrogen-bond acceptors (Lipinski definition) is 3. The molecule has 1 heterocycles. The largest absolute Gasteiger partial charge is 0.372 e. The second-order valence-corrected chi connectivity index (χ2v) is 5.72. The van der Waals surface area contributed by atoms with Crippen molar-refractivity contribution < 1.29 is 0 Å². The zero-order valence-electron chi connectivity index (χ0n) is 12.3. The maximum Gasteiger partial charge on any atom is 0.0443 e. The van der Waals surface area contributed by atoms with Crippen molar-refractivity contribution >= 4 is 16.5 Å². The van der Waals surface area contributed by atoms with Crippen LogP contribution in [0.4, 0.5) is 5.69 Å². The Bertz CT molecular complexity index is 576. The van der Waals surface area contributed by atoms with E-state index in [1.54, 1.807) is 0 Å². The summed E-state index contributed by atoms with van der Waals surface area (Å²) in [4.78, 5) is 4.84. The smallest absolute Gasteiger partial charge is 0.0443 e. The summed E-state index contributed by atoms with van der Waals surface area (Å²) < 4.78 is 0. The van der Waals surface area contributed by atoms with E-state index in [2.05, 4.69) is 71.7 Å². The second-order valence-electron chi connectivity index (χ2n) is 5.72. The molecule has 20 heavy (non-hydrogen) atoms. The molecular formula is C17H23N3. The van der Waals surface area contributed by atoms with E-state index in [0.29, 0.717) is 6.04 Å². The Morgan fingerprint density at radius 3 is 2.85 bits per heavy atom. The van der Waals surface area contributed by atoms with Crippen LogP contribution in [0.2, 0.25) is 0 Å². The number of rotatable bonds is 3. The highest BCUT2D eigenvalue weighted by Crippen LogP contribution is 2.26. The summed E-state index contributed by atoms with van der Waals surface area (Å²) in [6.45, 7) is 4.36. The molecule has 0 aliphatic carbocycles. The predicted molar refractivity (Wildman–Crippen MR) is 86.5 cm³/mol. The molecular weight excluding hydrogens is 246 g/mol. The minimum atomic E-state index is 0.577. The van der Waals surface area contributed by atoms with Gasteiger partial charge in [-0.05, 0) is 18.5 Å². The number of nitrogens with one attached hydrogen (secondary N) is 1. The molecule has 1 atom stereocenters. The van der Waals surface area contributed by atoms with Crippen molar-refractivity contribution in [2.75, 3.05) is 45.2 Å². The van der Waals surface area contributed by atoms with Gasteiger partial charge in [0.2, 0.25) is 0 Å². The molecule has 0 bridgehead atoms. The van der Waals surface area contributed by atoms with Gasteiger partial charge >= 0.3 is 0 Å². The van der Waals surface area contributed by atoms with Crippen molar-refractivity contribution in [1.82, 2.24) is 10.2 Å². The molecule has 1 unspecified atom stereocenters. The average molecular weight is 269 g/mol. The van der Waals surface area contributed by atoms with Gasteiger partial charge in [0, 0.05) is 50.3 Å². The molecule has 0 saturated carbocycles. The summed E-state index contributed by atoms with van der Waals surface area (Å²) in [5.74, 6) is 0. The van der Waals surface area contributed by atoms with Crippen molar-refractivity contribution in [3.8, 4) is 0 Å². The van der Waals surface area contributed by atoms with Crippen LogP contribution >= 0.6 is 0 Å². The van der Waals surface area contributed by atoms with Crippen LogP contribution in [0.25, 0.3) is 10.8 Å². The van der Waals surface area contributed by atoms with Crippen LogP contribution in [0.3, 0.4) is 0 Å². The molecule has 1 aliphatic rings. The fraction of sp³-hybridized carbons (Fsp3) is 0.412. The summed E-state index contributed by atoms with van der Waals surface area (Å²) >= 11 is 0. The second kappa shape index (κ2) is 5.81. The van der Waals surface area contributed by atoms with E-state index in [-0.39, 0.29) is 0 Å². The van der Waals surface area contributed by atoms with E-state index in [4.69, 9.17) is 0 Å². The lowest BCUT2D eigenvalue weighted by atomic mass is 10.1. The van der Waals surface area contributed by atoms with Crippen LogP contribution in [-0.2, 0) is 0 Å². The van der Waals surface area contributed by atoms with Gasteiger partial charge in [-0.15, -0.1) is 0 Å². The quantitative estimate of drug-likeness (QED) is 0.921. The van der Waals surface area contributed by atoms with Gasteiger partial charge in [-0.25, -0.2) is 0 Å². The first-order valence-electron chi connectivity index (χ1n) is 7.35. The van der Waals surface area contributed by atoms with Gasteiger partial charge in [0.15, 0.2) is 0 Å². The molecule has 106 valence electrons. The summed E-state index contributed by atoms with van der Waals surface area (Å²) in [7, 11) is 4.42. The summed E-state index contributed by atoms with van der Waals surface area (Å²) in [5.41, 5.74) is 1.32. The van der Waals surface area contributed by atoms with Crippen molar-refractivity contribution in [3.05, 3.63) is 42.5 Å². The normalized spacial score (nSPS) is 20.2. The van der Waals surface area contributed by atoms with E-state index in [0.717, 1.165) is 26.2 Å². The van der Waals surface area contributed by atoms with E-state index < -0.39 is 0 Å². The third kappa shape index (κ3) is 2.65. The van der Waals surface area contributed by atoms with E-state index >= 15 is 0 Å². The maximum absolute atomic E-state index is 3.49. The lowest BCUT2D eigenvalue weighted by Crippen LogP contribution is -2.53. The van der Waals surface area contributed by atoms with Gasteiger partial charge in [0.25, 0.3) is 0 Å². The molecule has 0 aromatic heterocycles. The van der Waals surface area contributed by atoms with Gasteiger partial charge < -0.3 is 10.2 Å². The fourth-order valence-electron chi connectivity index (χ4n) is 3.02. The molecule has 1 fully saturated rings. The highest BCUT2D eigenvalue weighted by atomic mass is 15.2. The highest BCUT2D eigenvalue weighted by Gasteiger charge is 2.20. The Balaban J connectivity index is 1.83. The van der Waals surface area contributed by atoms with E-state index in [9.17, 15) is 0 Å². The molecule has 3 rings (SSSR count). The predicted octanol–water partition coefficient (Wildman–Crippen LogP) is 2.18. The van der Waals surface area contributed by atoms with Crippen molar-refractivity contribution in [2.24, 2.45) is 0 Å². The molecule has 0 spiro atoms.